The summed E-state index contributed by atoms with van der Waals surface area (Å²) in [5, 5.41) is 2.70. The molecule has 1 heterocycles. The maximum Gasteiger partial charge on any atom is 0.282 e. The van der Waals surface area contributed by atoms with E-state index in [2.05, 4.69) is 16.3 Å². The van der Waals surface area contributed by atoms with E-state index in [0.717, 1.165) is 37.6 Å². The van der Waals surface area contributed by atoms with Crippen LogP contribution >= 0.6 is 0 Å². The molecule has 1 atom stereocenters. The highest BCUT2D eigenvalue weighted by molar-refractivity contribution is 5.93. The average Bonchev–Trinajstić information content (AvgIpc) is 2.69. The molecule has 3 rings (SSSR count). The van der Waals surface area contributed by atoms with Gasteiger partial charge in [0.25, 0.3) is 5.91 Å². The largest absolute Gasteiger partial charge is 0.497 e. The molecule has 0 spiro atoms. The van der Waals surface area contributed by atoms with Crippen LogP contribution in [0.3, 0.4) is 0 Å². The van der Waals surface area contributed by atoms with Gasteiger partial charge < -0.3 is 19.9 Å². The first-order chi connectivity index (χ1) is 12.6. The first kappa shape index (κ1) is 18.2. The van der Waals surface area contributed by atoms with Crippen LogP contribution in [0.15, 0.2) is 48.5 Å². The number of nitrogens with one attached hydrogen (secondary N) is 2. The van der Waals surface area contributed by atoms with E-state index >= 15 is 0 Å². The van der Waals surface area contributed by atoms with Crippen LogP contribution in [0.25, 0.3) is 0 Å². The lowest BCUT2D eigenvalue weighted by atomic mass is 10.2. The van der Waals surface area contributed by atoms with Gasteiger partial charge in [-0.1, -0.05) is 18.2 Å². The second kappa shape index (κ2) is 8.19. The number of methoxy groups -OCH3 is 1. The number of hydrogen-bond acceptors (Lipinski definition) is 3. The van der Waals surface area contributed by atoms with Gasteiger partial charge in [-0.2, -0.15) is 0 Å². The van der Waals surface area contributed by atoms with Crippen LogP contribution in [-0.2, 0) is 4.79 Å². The molecule has 0 saturated carbocycles. The van der Waals surface area contributed by atoms with Crippen LogP contribution in [-0.4, -0.2) is 45.2 Å². The van der Waals surface area contributed by atoms with Gasteiger partial charge in [0.1, 0.15) is 11.6 Å². The summed E-state index contributed by atoms with van der Waals surface area (Å²) in [4.78, 5) is 16.0. The number of carbonyl (C=O) groups excluding carboxylic acids is 1. The number of ether oxygens (including phenoxy) is 1. The van der Waals surface area contributed by atoms with Crippen LogP contribution in [0.2, 0.25) is 0 Å². The van der Waals surface area contributed by atoms with Crippen molar-refractivity contribution < 1.29 is 18.8 Å². The molecule has 1 amide bonds. The number of para-hydroxylation sites is 1. The van der Waals surface area contributed by atoms with Crippen LogP contribution in [0, 0.1) is 5.82 Å². The Balaban J connectivity index is 1.57. The van der Waals surface area contributed by atoms with Crippen LogP contribution < -0.4 is 19.9 Å². The van der Waals surface area contributed by atoms with Crippen molar-refractivity contribution in [2.24, 2.45) is 0 Å². The highest BCUT2D eigenvalue weighted by atomic mass is 19.1. The number of carbonyl (C=O) groups is 1. The van der Waals surface area contributed by atoms with Gasteiger partial charge in [0.2, 0.25) is 0 Å². The van der Waals surface area contributed by atoms with Crippen molar-refractivity contribution in [1.82, 2.24) is 0 Å². The number of nitrogens with zero attached hydrogens (tertiary/aromatic N) is 1. The molecule has 138 valence electrons. The fourth-order valence-corrected chi connectivity index (χ4v) is 3.28. The molecule has 1 fully saturated rings. The molecular weight excluding hydrogens is 333 g/mol. The highest BCUT2D eigenvalue weighted by Crippen LogP contribution is 2.20. The number of amides is 1. The lowest BCUT2D eigenvalue weighted by Gasteiger charge is -2.36. The van der Waals surface area contributed by atoms with Crippen LogP contribution in [0.4, 0.5) is 15.8 Å². The smallest absolute Gasteiger partial charge is 0.282 e. The maximum atomic E-state index is 13.7. The van der Waals surface area contributed by atoms with Crippen molar-refractivity contribution in [2.75, 3.05) is 43.5 Å². The SMILES string of the molecule is COc1cccc(N2CC[NH+]([C@@H](C)C(=O)Nc3ccccc3F)CC2)c1. The van der Waals surface area contributed by atoms with Gasteiger partial charge in [-0.05, 0) is 31.2 Å². The predicted molar refractivity (Wildman–Crippen MR) is 100 cm³/mol. The lowest BCUT2D eigenvalue weighted by Crippen LogP contribution is -3.19. The second-order valence-corrected chi connectivity index (χ2v) is 6.54. The molecule has 26 heavy (non-hydrogen) atoms. The van der Waals surface area contributed by atoms with Gasteiger partial charge in [0.15, 0.2) is 6.04 Å². The van der Waals surface area contributed by atoms with Crippen molar-refractivity contribution >= 4 is 17.3 Å². The molecule has 5 nitrogen and oxygen atoms in total. The number of quaternary nitrogens is 1. The van der Waals surface area contributed by atoms with E-state index in [9.17, 15) is 9.18 Å². The average molecular weight is 358 g/mol. The zero-order chi connectivity index (χ0) is 18.5. The fourth-order valence-electron chi connectivity index (χ4n) is 3.28. The number of benzene rings is 2. The summed E-state index contributed by atoms with van der Waals surface area (Å²) in [5.41, 5.74) is 1.37. The van der Waals surface area contributed by atoms with E-state index in [-0.39, 0.29) is 17.6 Å². The van der Waals surface area contributed by atoms with E-state index in [1.54, 1.807) is 25.3 Å². The molecule has 6 heteroatoms. The second-order valence-electron chi connectivity index (χ2n) is 6.54. The Bertz CT molecular complexity index is 760. The van der Waals surface area contributed by atoms with E-state index < -0.39 is 5.82 Å². The Labute approximate surface area is 153 Å². The minimum Gasteiger partial charge on any atom is -0.497 e. The molecule has 0 aliphatic carbocycles. The third-order valence-corrected chi connectivity index (χ3v) is 4.96. The minimum absolute atomic E-state index is 0.153. The van der Waals surface area contributed by atoms with E-state index in [1.165, 1.54) is 11.0 Å². The lowest BCUT2D eigenvalue weighted by molar-refractivity contribution is -0.914. The Kier molecular flexibility index (Phi) is 5.73. The molecule has 1 saturated heterocycles. The van der Waals surface area contributed by atoms with Crippen molar-refractivity contribution in [3.63, 3.8) is 0 Å². The molecule has 1 aliphatic heterocycles. The first-order valence-electron chi connectivity index (χ1n) is 8.87. The number of piperazine rings is 1. The van der Waals surface area contributed by atoms with E-state index in [0.29, 0.717) is 0 Å². The number of anilines is 2. The molecule has 0 bridgehead atoms. The zero-order valence-corrected chi connectivity index (χ0v) is 15.2. The molecule has 2 aromatic carbocycles. The number of halogens is 1. The van der Waals surface area contributed by atoms with E-state index in [4.69, 9.17) is 4.74 Å². The minimum atomic E-state index is -0.411. The van der Waals surface area contributed by atoms with Crippen molar-refractivity contribution in [3.05, 3.63) is 54.3 Å². The number of rotatable bonds is 5. The van der Waals surface area contributed by atoms with Gasteiger partial charge in [0, 0.05) is 11.8 Å². The highest BCUT2D eigenvalue weighted by Gasteiger charge is 2.29. The fraction of sp³-hybridized carbons (Fsp3) is 0.350. The van der Waals surface area contributed by atoms with Gasteiger partial charge in [-0.15, -0.1) is 0 Å². The molecule has 2 N–H and O–H groups in total. The summed E-state index contributed by atoms with van der Waals surface area (Å²) in [7, 11) is 1.66. The molecule has 0 radical (unpaired) electrons. The Morgan fingerprint density at radius 2 is 1.92 bits per heavy atom. The molecule has 1 aliphatic rings. The van der Waals surface area contributed by atoms with Crippen molar-refractivity contribution in [3.8, 4) is 5.75 Å². The molecule has 0 aromatic heterocycles. The van der Waals surface area contributed by atoms with Crippen LogP contribution in [0.1, 0.15) is 6.92 Å². The Morgan fingerprint density at radius 1 is 1.19 bits per heavy atom. The maximum absolute atomic E-state index is 13.7. The summed E-state index contributed by atoms with van der Waals surface area (Å²) in [6, 6.07) is 14.0. The zero-order valence-electron chi connectivity index (χ0n) is 15.2. The third-order valence-electron chi connectivity index (χ3n) is 4.96. The third kappa shape index (κ3) is 4.14. The summed E-state index contributed by atoms with van der Waals surface area (Å²) < 4.78 is 19.0. The standard InChI is InChI=1S/C20H24FN3O2/c1-15(20(25)22-19-9-4-3-8-18(19)21)23-10-12-24(13-11-23)16-6-5-7-17(14-16)26-2/h3-9,14-15H,10-13H2,1-2H3,(H,22,25)/p+1/t15-/m0/s1. The monoisotopic (exact) mass is 358 g/mol. The van der Waals surface area contributed by atoms with E-state index in [1.807, 2.05) is 25.1 Å². The Morgan fingerprint density at radius 3 is 2.62 bits per heavy atom. The van der Waals surface area contributed by atoms with Crippen LogP contribution in [0.5, 0.6) is 5.75 Å². The van der Waals surface area contributed by atoms with Gasteiger partial charge in [-0.25, -0.2) is 4.39 Å². The Hall–Kier alpha value is -2.60. The van der Waals surface area contributed by atoms with Gasteiger partial charge in [-0.3, -0.25) is 4.79 Å². The molecular formula is C20H25FN3O2+. The van der Waals surface area contributed by atoms with Gasteiger partial charge in [0.05, 0.1) is 39.0 Å². The van der Waals surface area contributed by atoms with Crippen molar-refractivity contribution in [1.29, 1.82) is 0 Å². The summed E-state index contributed by atoms with van der Waals surface area (Å²) in [6.45, 7) is 5.32. The topological polar surface area (TPSA) is 46.0 Å². The summed E-state index contributed by atoms with van der Waals surface area (Å²) in [5.74, 6) is 0.278. The van der Waals surface area contributed by atoms with Crippen molar-refractivity contribution in [2.45, 2.75) is 13.0 Å². The molecule has 2 aromatic rings. The quantitative estimate of drug-likeness (QED) is 0.853. The summed E-state index contributed by atoms with van der Waals surface area (Å²) >= 11 is 0. The normalized spacial score (nSPS) is 16.2. The summed E-state index contributed by atoms with van der Waals surface area (Å²) in [6.07, 6.45) is 0. The molecule has 0 unspecified atom stereocenters. The number of hydrogen-bond donors (Lipinski definition) is 2. The van der Waals surface area contributed by atoms with Gasteiger partial charge >= 0.3 is 0 Å². The first-order valence-corrected chi connectivity index (χ1v) is 8.87. The predicted octanol–water partition coefficient (Wildman–Crippen LogP) is 1.57.